The van der Waals surface area contributed by atoms with Crippen molar-refractivity contribution in [1.29, 1.82) is 0 Å². The van der Waals surface area contributed by atoms with Gasteiger partial charge in [-0.05, 0) is 35.7 Å². The van der Waals surface area contributed by atoms with Crippen molar-refractivity contribution in [2.75, 3.05) is 11.4 Å². The Labute approximate surface area is 166 Å². The first kappa shape index (κ1) is 17.5. The molecule has 2 aromatic heterocycles. The van der Waals surface area contributed by atoms with Gasteiger partial charge in [0.25, 0.3) is 5.91 Å². The number of fused-ring (bicyclic) bond motifs is 3. The monoisotopic (exact) mass is 388 g/mol. The van der Waals surface area contributed by atoms with Crippen LogP contribution >= 0.6 is 0 Å². The average molecular weight is 388 g/mol. The fraction of sp³-hybridized carbons (Fsp3) is 0.227. The summed E-state index contributed by atoms with van der Waals surface area (Å²) in [6.45, 7) is 0.572. The van der Waals surface area contributed by atoms with Gasteiger partial charge in [-0.1, -0.05) is 30.3 Å². The third-order valence-corrected chi connectivity index (χ3v) is 5.36. The van der Waals surface area contributed by atoms with Crippen molar-refractivity contribution in [3.63, 3.8) is 0 Å². The summed E-state index contributed by atoms with van der Waals surface area (Å²) in [5.74, 6) is -0.174. The second-order valence-corrected chi connectivity index (χ2v) is 7.30. The molecule has 4 aromatic rings. The molecule has 0 spiro atoms. The Hall–Kier alpha value is -3.61. The zero-order chi connectivity index (χ0) is 20.0. The SMILES string of the molecule is Cn1ccc(N2CCCC(OC(=O)c3cc4c(ccc5ccccc54)[nH]3)C2=O)n1. The second-order valence-electron chi connectivity index (χ2n) is 7.30. The molecule has 0 radical (unpaired) electrons. The van der Waals surface area contributed by atoms with Gasteiger partial charge in [-0.2, -0.15) is 5.10 Å². The highest BCUT2D eigenvalue weighted by Gasteiger charge is 2.34. The molecular weight excluding hydrogens is 368 g/mol. The van der Waals surface area contributed by atoms with Crippen LogP contribution in [0.15, 0.2) is 54.7 Å². The highest BCUT2D eigenvalue weighted by molar-refractivity contribution is 6.09. The Kier molecular flexibility index (Phi) is 4.08. The van der Waals surface area contributed by atoms with E-state index in [-0.39, 0.29) is 5.91 Å². The van der Waals surface area contributed by atoms with Crippen LogP contribution in [0.25, 0.3) is 21.7 Å². The lowest BCUT2D eigenvalue weighted by Gasteiger charge is -2.30. The molecule has 0 saturated carbocycles. The highest BCUT2D eigenvalue weighted by Crippen LogP contribution is 2.27. The number of anilines is 1. The molecule has 0 bridgehead atoms. The lowest BCUT2D eigenvalue weighted by molar-refractivity contribution is -0.129. The molecule has 1 unspecified atom stereocenters. The molecule has 1 saturated heterocycles. The van der Waals surface area contributed by atoms with Crippen LogP contribution in [0.4, 0.5) is 5.82 Å². The molecule has 1 aliphatic heterocycles. The molecule has 3 heterocycles. The Bertz CT molecular complexity index is 1240. The van der Waals surface area contributed by atoms with Gasteiger partial charge >= 0.3 is 5.97 Å². The first-order valence-corrected chi connectivity index (χ1v) is 9.62. The number of aryl methyl sites for hydroxylation is 1. The molecule has 5 rings (SSSR count). The Morgan fingerprint density at radius 3 is 2.86 bits per heavy atom. The predicted molar refractivity (Wildman–Crippen MR) is 110 cm³/mol. The van der Waals surface area contributed by atoms with E-state index in [0.717, 1.165) is 28.1 Å². The van der Waals surface area contributed by atoms with E-state index >= 15 is 0 Å². The van der Waals surface area contributed by atoms with Gasteiger partial charge in [-0.3, -0.25) is 14.4 Å². The van der Waals surface area contributed by atoms with Crippen LogP contribution in [-0.2, 0) is 16.6 Å². The number of hydrogen-bond acceptors (Lipinski definition) is 4. The van der Waals surface area contributed by atoms with Gasteiger partial charge in [-0.25, -0.2) is 4.79 Å². The highest BCUT2D eigenvalue weighted by atomic mass is 16.5. The number of nitrogens with zero attached hydrogens (tertiary/aromatic N) is 3. The largest absolute Gasteiger partial charge is 0.448 e. The van der Waals surface area contributed by atoms with E-state index in [2.05, 4.69) is 10.1 Å². The van der Waals surface area contributed by atoms with Crippen LogP contribution in [-0.4, -0.2) is 39.3 Å². The molecule has 2 aromatic carbocycles. The van der Waals surface area contributed by atoms with Crippen LogP contribution in [0.2, 0.25) is 0 Å². The lowest BCUT2D eigenvalue weighted by Crippen LogP contribution is -2.46. The topological polar surface area (TPSA) is 80.2 Å². The molecule has 1 fully saturated rings. The number of esters is 1. The Morgan fingerprint density at radius 2 is 2.03 bits per heavy atom. The minimum atomic E-state index is -0.804. The number of H-pyrrole nitrogens is 1. The lowest BCUT2D eigenvalue weighted by atomic mass is 10.1. The molecule has 1 amide bonds. The van der Waals surface area contributed by atoms with E-state index in [1.807, 2.05) is 36.4 Å². The summed E-state index contributed by atoms with van der Waals surface area (Å²) in [4.78, 5) is 30.3. The number of ether oxygens (including phenoxy) is 1. The first-order chi connectivity index (χ1) is 14.1. The zero-order valence-electron chi connectivity index (χ0n) is 16.0. The summed E-state index contributed by atoms with van der Waals surface area (Å²) in [6, 6.07) is 15.6. The Morgan fingerprint density at radius 1 is 1.17 bits per heavy atom. The van der Waals surface area contributed by atoms with E-state index in [0.29, 0.717) is 24.5 Å². The summed E-state index contributed by atoms with van der Waals surface area (Å²) >= 11 is 0. The predicted octanol–water partition coefficient (Wildman–Crippen LogP) is 3.41. The Balaban J connectivity index is 1.39. The minimum Gasteiger partial charge on any atom is -0.448 e. The second kappa shape index (κ2) is 6.77. The van der Waals surface area contributed by atoms with Gasteiger partial charge in [0.1, 0.15) is 5.69 Å². The van der Waals surface area contributed by atoms with Gasteiger partial charge in [0, 0.05) is 36.8 Å². The standard InChI is InChI=1S/C22H20N4O3/c1-25-12-10-20(24-25)26-11-4-7-19(21(26)27)29-22(28)18-13-16-15-6-3-2-5-14(15)8-9-17(16)23-18/h2-3,5-6,8-10,12-13,19,23H,4,7,11H2,1H3. The summed E-state index contributed by atoms with van der Waals surface area (Å²) in [5, 5.41) is 7.42. The van der Waals surface area contributed by atoms with Gasteiger partial charge in [-0.15, -0.1) is 0 Å². The number of aromatic amines is 1. The maximum absolute atomic E-state index is 12.8. The number of carbonyl (C=O) groups excluding carboxylic acids is 2. The fourth-order valence-corrected chi connectivity index (χ4v) is 3.91. The molecule has 1 N–H and O–H groups in total. The van der Waals surface area contributed by atoms with Crippen molar-refractivity contribution in [1.82, 2.24) is 14.8 Å². The molecular formula is C22H20N4O3. The van der Waals surface area contributed by atoms with Gasteiger partial charge in [0.2, 0.25) is 0 Å². The maximum atomic E-state index is 12.8. The van der Waals surface area contributed by atoms with E-state index in [1.54, 1.807) is 35.0 Å². The van der Waals surface area contributed by atoms with Crippen molar-refractivity contribution >= 4 is 39.4 Å². The smallest absolute Gasteiger partial charge is 0.355 e. The zero-order valence-corrected chi connectivity index (χ0v) is 16.0. The molecule has 146 valence electrons. The van der Waals surface area contributed by atoms with Crippen LogP contribution in [0.1, 0.15) is 23.3 Å². The van der Waals surface area contributed by atoms with Gasteiger partial charge in [0.05, 0.1) is 0 Å². The number of hydrogen-bond donors (Lipinski definition) is 1. The summed E-state index contributed by atoms with van der Waals surface area (Å²) in [6.07, 6.45) is 2.24. The first-order valence-electron chi connectivity index (χ1n) is 9.62. The number of amides is 1. The van der Waals surface area contributed by atoms with Crippen molar-refractivity contribution in [3.05, 3.63) is 60.4 Å². The van der Waals surface area contributed by atoms with Crippen molar-refractivity contribution in [2.45, 2.75) is 18.9 Å². The molecule has 1 aliphatic rings. The molecule has 7 heteroatoms. The van der Waals surface area contributed by atoms with Gasteiger partial charge in [0.15, 0.2) is 11.9 Å². The quantitative estimate of drug-likeness (QED) is 0.546. The minimum absolute atomic E-state index is 0.232. The summed E-state index contributed by atoms with van der Waals surface area (Å²) < 4.78 is 7.24. The fourth-order valence-electron chi connectivity index (χ4n) is 3.91. The maximum Gasteiger partial charge on any atom is 0.355 e. The van der Waals surface area contributed by atoms with E-state index in [9.17, 15) is 9.59 Å². The van der Waals surface area contributed by atoms with Crippen LogP contribution in [0, 0.1) is 0 Å². The van der Waals surface area contributed by atoms with E-state index < -0.39 is 12.1 Å². The van der Waals surface area contributed by atoms with E-state index in [4.69, 9.17) is 4.74 Å². The molecule has 7 nitrogen and oxygen atoms in total. The third kappa shape index (κ3) is 3.04. The normalized spacial score (nSPS) is 17.2. The van der Waals surface area contributed by atoms with Crippen LogP contribution in [0.3, 0.4) is 0 Å². The summed E-state index contributed by atoms with van der Waals surface area (Å²) in [7, 11) is 1.80. The number of aromatic nitrogens is 3. The number of piperidine rings is 1. The average Bonchev–Trinajstić information content (AvgIpc) is 3.36. The van der Waals surface area contributed by atoms with E-state index in [1.165, 1.54) is 0 Å². The van der Waals surface area contributed by atoms with Gasteiger partial charge < -0.3 is 9.72 Å². The molecule has 0 aliphatic carbocycles. The summed E-state index contributed by atoms with van der Waals surface area (Å²) in [5.41, 5.74) is 1.21. The third-order valence-electron chi connectivity index (χ3n) is 5.36. The number of benzene rings is 2. The van der Waals surface area contributed by atoms with Crippen LogP contribution in [0.5, 0.6) is 0 Å². The van der Waals surface area contributed by atoms with Crippen LogP contribution < -0.4 is 4.90 Å². The molecule has 29 heavy (non-hydrogen) atoms. The molecule has 1 atom stereocenters. The van der Waals surface area contributed by atoms with Crippen molar-refractivity contribution in [3.8, 4) is 0 Å². The number of rotatable bonds is 3. The van der Waals surface area contributed by atoms with Crippen molar-refractivity contribution < 1.29 is 14.3 Å². The number of carbonyl (C=O) groups is 2. The van der Waals surface area contributed by atoms with Crippen molar-refractivity contribution in [2.24, 2.45) is 7.05 Å². The number of nitrogens with one attached hydrogen (secondary N) is 1.